The fraction of sp³-hybridized carbons (Fsp3) is 0.167. The summed E-state index contributed by atoms with van der Waals surface area (Å²) in [5.41, 5.74) is -0.610. The summed E-state index contributed by atoms with van der Waals surface area (Å²) in [7, 11) is 0. The summed E-state index contributed by atoms with van der Waals surface area (Å²) in [6.07, 6.45) is 1.04. The summed E-state index contributed by atoms with van der Waals surface area (Å²) in [6, 6.07) is 4.91. The number of nitrogens with zero attached hydrogens (tertiary/aromatic N) is 2. The molecule has 0 aliphatic rings. The number of phenolic OH excluding ortho intramolecular Hbond substituents is 1. The molecule has 19 heavy (non-hydrogen) atoms. The van der Waals surface area contributed by atoms with E-state index in [2.05, 4.69) is 4.74 Å². The zero-order valence-electron chi connectivity index (χ0n) is 9.99. The largest absolute Gasteiger partial charge is 0.507 e. The highest BCUT2D eigenvalue weighted by Gasteiger charge is 2.13. The molecule has 0 heterocycles. The highest BCUT2D eigenvalue weighted by atomic mass is 16.6. The predicted molar refractivity (Wildman–Crippen MR) is 65.0 cm³/mol. The molecule has 1 rings (SSSR count). The Morgan fingerprint density at radius 3 is 2.84 bits per heavy atom. The summed E-state index contributed by atoms with van der Waals surface area (Å²) in [6.45, 7) is 1.68. The van der Waals surface area contributed by atoms with Crippen LogP contribution < -0.4 is 0 Å². The van der Waals surface area contributed by atoms with Gasteiger partial charge in [-0.05, 0) is 19.1 Å². The van der Waals surface area contributed by atoms with Gasteiger partial charge in [0.05, 0.1) is 11.5 Å². The number of non-ortho nitro benzene ring substituents is 1. The molecule has 1 N–H and O–H groups in total. The molecule has 0 aliphatic carbocycles. The summed E-state index contributed by atoms with van der Waals surface area (Å²) >= 11 is 0. The van der Waals surface area contributed by atoms with E-state index in [4.69, 9.17) is 5.26 Å². The van der Waals surface area contributed by atoms with Gasteiger partial charge in [0, 0.05) is 17.7 Å². The van der Waals surface area contributed by atoms with E-state index in [-0.39, 0.29) is 29.2 Å². The molecule has 0 fully saturated rings. The van der Waals surface area contributed by atoms with Crippen LogP contribution >= 0.6 is 0 Å². The Balaban J connectivity index is 3.22. The van der Waals surface area contributed by atoms with Crippen molar-refractivity contribution in [3.05, 3.63) is 39.4 Å². The molecule has 0 unspecified atom stereocenters. The average molecular weight is 262 g/mol. The van der Waals surface area contributed by atoms with E-state index in [0.29, 0.717) is 0 Å². The normalized spacial score (nSPS) is 10.6. The highest BCUT2D eigenvalue weighted by Crippen LogP contribution is 2.25. The fourth-order valence-corrected chi connectivity index (χ4v) is 1.27. The number of ether oxygens (including phenoxy) is 1. The fourth-order valence-electron chi connectivity index (χ4n) is 1.27. The quantitative estimate of drug-likeness (QED) is 0.291. The third kappa shape index (κ3) is 3.54. The van der Waals surface area contributed by atoms with Crippen molar-refractivity contribution in [1.82, 2.24) is 0 Å². The molecule has 98 valence electrons. The lowest BCUT2D eigenvalue weighted by Crippen LogP contribution is -2.06. The van der Waals surface area contributed by atoms with Crippen LogP contribution in [0, 0.1) is 21.4 Å². The number of nitriles is 1. The molecule has 0 saturated heterocycles. The lowest BCUT2D eigenvalue weighted by Gasteiger charge is -2.01. The number of nitro groups is 1. The Labute approximate surface area is 108 Å². The molecule has 0 radical (unpaired) electrons. The first kappa shape index (κ1) is 14.2. The van der Waals surface area contributed by atoms with Crippen LogP contribution in [0.2, 0.25) is 0 Å². The Kier molecular flexibility index (Phi) is 4.60. The van der Waals surface area contributed by atoms with Crippen molar-refractivity contribution in [2.45, 2.75) is 6.92 Å². The molecule has 0 aliphatic heterocycles. The van der Waals surface area contributed by atoms with Gasteiger partial charge in [0.1, 0.15) is 17.4 Å². The van der Waals surface area contributed by atoms with Gasteiger partial charge in [0.15, 0.2) is 0 Å². The number of hydrogen-bond acceptors (Lipinski definition) is 6. The van der Waals surface area contributed by atoms with Crippen molar-refractivity contribution in [1.29, 1.82) is 5.26 Å². The minimum atomic E-state index is -0.851. The van der Waals surface area contributed by atoms with Crippen molar-refractivity contribution in [3.8, 4) is 11.8 Å². The van der Waals surface area contributed by atoms with Gasteiger partial charge in [0.2, 0.25) is 0 Å². The van der Waals surface area contributed by atoms with Gasteiger partial charge in [-0.1, -0.05) is 0 Å². The van der Waals surface area contributed by atoms with Gasteiger partial charge in [0.25, 0.3) is 5.69 Å². The molecule has 0 spiro atoms. The standard InChI is InChI=1S/C12H10N2O5/c1-2-19-12(16)9(7-13)5-8-6-10(14(17)18)3-4-11(8)15/h3-6,15H,2H2,1H3/b9-5+. The number of rotatable bonds is 4. The van der Waals surface area contributed by atoms with E-state index in [1.165, 1.54) is 0 Å². The van der Waals surface area contributed by atoms with Gasteiger partial charge < -0.3 is 9.84 Å². The minimum absolute atomic E-state index is 0.00111. The second-order valence-corrected chi connectivity index (χ2v) is 3.39. The number of hydrogen-bond donors (Lipinski definition) is 1. The third-order valence-electron chi connectivity index (χ3n) is 2.14. The Hall–Kier alpha value is -2.88. The van der Waals surface area contributed by atoms with Crippen molar-refractivity contribution < 1.29 is 19.6 Å². The van der Waals surface area contributed by atoms with Gasteiger partial charge in [-0.3, -0.25) is 10.1 Å². The van der Waals surface area contributed by atoms with Crippen LogP contribution in [-0.4, -0.2) is 22.6 Å². The molecule has 0 saturated carbocycles. The maximum absolute atomic E-state index is 11.4. The summed E-state index contributed by atoms with van der Waals surface area (Å²) < 4.78 is 4.64. The smallest absolute Gasteiger partial charge is 0.348 e. The van der Waals surface area contributed by atoms with Crippen LogP contribution in [0.15, 0.2) is 23.8 Å². The molecule has 0 aromatic heterocycles. The first-order valence-electron chi connectivity index (χ1n) is 5.26. The lowest BCUT2D eigenvalue weighted by molar-refractivity contribution is -0.384. The molecule has 7 nitrogen and oxygen atoms in total. The van der Waals surface area contributed by atoms with Crippen molar-refractivity contribution >= 4 is 17.7 Å². The summed E-state index contributed by atoms with van der Waals surface area (Å²) in [4.78, 5) is 21.3. The van der Waals surface area contributed by atoms with Crippen LogP contribution in [0.3, 0.4) is 0 Å². The van der Waals surface area contributed by atoms with E-state index < -0.39 is 10.9 Å². The van der Waals surface area contributed by atoms with E-state index in [0.717, 1.165) is 24.3 Å². The second-order valence-electron chi connectivity index (χ2n) is 3.39. The zero-order chi connectivity index (χ0) is 14.4. The van der Waals surface area contributed by atoms with E-state index in [9.17, 15) is 20.0 Å². The van der Waals surface area contributed by atoms with Gasteiger partial charge in [-0.15, -0.1) is 0 Å². The van der Waals surface area contributed by atoms with Crippen molar-refractivity contribution in [3.63, 3.8) is 0 Å². The molecule has 7 heteroatoms. The number of carbonyl (C=O) groups is 1. The summed E-state index contributed by atoms with van der Waals surface area (Å²) in [5, 5.41) is 29.0. The van der Waals surface area contributed by atoms with Crippen molar-refractivity contribution in [2.24, 2.45) is 0 Å². The predicted octanol–water partition coefficient (Wildman–Crippen LogP) is 1.77. The number of esters is 1. The molecule has 0 atom stereocenters. The second kappa shape index (κ2) is 6.16. The van der Waals surface area contributed by atoms with Crippen LogP contribution in [0.1, 0.15) is 12.5 Å². The molecular formula is C12H10N2O5. The Morgan fingerprint density at radius 2 is 2.32 bits per heavy atom. The molecule has 0 amide bonds. The monoisotopic (exact) mass is 262 g/mol. The van der Waals surface area contributed by atoms with E-state index in [1.54, 1.807) is 13.0 Å². The van der Waals surface area contributed by atoms with Gasteiger partial charge in [-0.25, -0.2) is 4.79 Å². The maximum Gasteiger partial charge on any atom is 0.348 e. The maximum atomic E-state index is 11.4. The number of carbonyl (C=O) groups excluding carboxylic acids is 1. The third-order valence-corrected chi connectivity index (χ3v) is 2.14. The topological polar surface area (TPSA) is 113 Å². The first-order valence-corrected chi connectivity index (χ1v) is 5.26. The molecule has 0 bridgehead atoms. The summed E-state index contributed by atoms with van der Waals surface area (Å²) in [5.74, 6) is -1.13. The van der Waals surface area contributed by atoms with Crippen LogP contribution in [-0.2, 0) is 9.53 Å². The van der Waals surface area contributed by atoms with Crippen LogP contribution in [0.4, 0.5) is 5.69 Å². The number of nitro benzene ring substituents is 1. The number of benzene rings is 1. The van der Waals surface area contributed by atoms with E-state index in [1.807, 2.05) is 0 Å². The number of phenols is 1. The first-order chi connectivity index (χ1) is 8.99. The highest BCUT2D eigenvalue weighted by molar-refractivity contribution is 5.98. The number of aromatic hydroxyl groups is 1. The molecule has 1 aromatic carbocycles. The van der Waals surface area contributed by atoms with Crippen molar-refractivity contribution in [2.75, 3.05) is 6.61 Å². The lowest BCUT2D eigenvalue weighted by atomic mass is 10.1. The van der Waals surface area contributed by atoms with Gasteiger partial charge >= 0.3 is 5.97 Å². The molecule has 1 aromatic rings. The zero-order valence-corrected chi connectivity index (χ0v) is 9.99. The van der Waals surface area contributed by atoms with Crippen LogP contribution in [0.5, 0.6) is 5.75 Å². The van der Waals surface area contributed by atoms with Crippen LogP contribution in [0.25, 0.3) is 6.08 Å². The average Bonchev–Trinajstić information content (AvgIpc) is 2.37. The minimum Gasteiger partial charge on any atom is -0.507 e. The Bertz CT molecular complexity index is 586. The Morgan fingerprint density at radius 1 is 1.63 bits per heavy atom. The SMILES string of the molecule is CCOC(=O)/C(C#N)=C/c1cc([N+](=O)[O-])ccc1O. The van der Waals surface area contributed by atoms with Gasteiger partial charge in [-0.2, -0.15) is 5.26 Å². The molecular weight excluding hydrogens is 252 g/mol. The van der Waals surface area contributed by atoms with E-state index >= 15 is 0 Å².